The zero-order valence-electron chi connectivity index (χ0n) is 14.9. The summed E-state index contributed by atoms with van der Waals surface area (Å²) in [7, 11) is 0. The molecule has 1 aliphatic rings. The Labute approximate surface area is 150 Å². The van der Waals surface area contributed by atoms with Crippen molar-refractivity contribution < 1.29 is 14.6 Å². The zero-order chi connectivity index (χ0) is 17.5. The molecule has 3 heteroatoms. The molecular weight excluding hydrogens is 312 g/mol. The van der Waals surface area contributed by atoms with Crippen LogP contribution in [0, 0.1) is 0 Å². The Bertz CT molecular complexity index is 628. The third-order valence-corrected chi connectivity index (χ3v) is 4.86. The molecule has 1 N–H and O–H groups in total. The highest BCUT2D eigenvalue weighted by atomic mass is 16.8. The van der Waals surface area contributed by atoms with Gasteiger partial charge in [-0.05, 0) is 12.0 Å². The fourth-order valence-corrected chi connectivity index (χ4v) is 3.45. The van der Waals surface area contributed by atoms with Crippen molar-refractivity contribution >= 4 is 0 Å². The van der Waals surface area contributed by atoms with Gasteiger partial charge in [0.05, 0.1) is 12.7 Å². The maximum atomic E-state index is 11.1. The standard InChI is InChI=1S/C22H28O3/c1-2-3-4-11-16-20-17-24-22(25-20,19-14-9-6-10-15-19)21(23)18-12-7-5-8-13-18/h5-10,12-15,20-21,23H,2-4,11,16-17H2,1H3. The molecule has 0 radical (unpaired) electrons. The molecule has 25 heavy (non-hydrogen) atoms. The summed E-state index contributed by atoms with van der Waals surface area (Å²) in [5.41, 5.74) is 1.67. The number of rotatable bonds is 8. The van der Waals surface area contributed by atoms with Crippen LogP contribution in [-0.4, -0.2) is 17.8 Å². The fraction of sp³-hybridized carbons (Fsp3) is 0.455. The van der Waals surface area contributed by atoms with Crippen molar-refractivity contribution in [2.24, 2.45) is 0 Å². The fourth-order valence-electron chi connectivity index (χ4n) is 3.45. The molecule has 0 amide bonds. The Morgan fingerprint density at radius 3 is 2.36 bits per heavy atom. The molecule has 1 aliphatic heterocycles. The molecular formula is C22H28O3. The van der Waals surface area contributed by atoms with E-state index < -0.39 is 11.9 Å². The summed E-state index contributed by atoms with van der Waals surface area (Å²) < 4.78 is 12.5. The molecule has 0 aromatic heterocycles. The van der Waals surface area contributed by atoms with Gasteiger partial charge in [-0.1, -0.05) is 93.3 Å². The molecule has 3 nitrogen and oxygen atoms in total. The van der Waals surface area contributed by atoms with Gasteiger partial charge in [0.2, 0.25) is 5.79 Å². The molecule has 134 valence electrons. The van der Waals surface area contributed by atoms with Crippen molar-refractivity contribution in [2.75, 3.05) is 6.61 Å². The Hall–Kier alpha value is -1.68. The van der Waals surface area contributed by atoms with Crippen molar-refractivity contribution in [3.63, 3.8) is 0 Å². The highest BCUT2D eigenvalue weighted by Gasteiger charge is 2.49. The summed E-state index contributed by atoms with van der Waals surface area (Å²) in [6, 6.07) is 19.4. The predicted octanol–water partition coefficient (Wildman–Crippen LogP) is 4.96. The second-order valence-corrected chi connectivity index (χ2v) is 6.75. The van der Waals surface area contributed by atoms with Gasteiger partial charge in [-0.3, -0.25) is 0 Å². The Balaban J connectivity index is 1.80. The molecule has 1 heterocycles. The lowest BCUT2D eigenvalue weighted by Gasteiger charge is -2.33. The van der Waals surface area contributed by atoms with Gasteiger partial charge in [0.1, 0.15) is 6.10 Å². The Kier molecular flexibility index (Phi) is 6.24. The van der Waals surface area contributed by atoms with Crippen LogP contribution in [0.4, 0.5) is 0 Å². The highest BCUT2D eigenvalue weighted by Crippen LogP contribution is 2.45. The summed E-state index contributed by atoms with van der Waals surface area (Å²) >= 11 is 0. The van der Waals surface area contributed by atoms with Crippen molar-refractivity contribution in [1.82, 2.24) is 0 Å². The van der Waals surface area contributed by atoms with Crippen LogP contribution in [0.15, 0.2) is 60.7 Å². The molecule has 0 bridgehead atoms. The minimum atomic E-state index is -1.13. The van der Waals surface area contributed by atoms with Gasteiger partial charge in [0, 0.05) is 5.56 Å². The van der Waals surface area contributed by atoms with Gasteiger partial charge in [0.15, 0.2) is 0 Å². The summed E-state index contributed by atoms with van der Waals surface area (Å²) in [5.74, 6) is -1.13. The number of hydrogen-bond acceptors (Lipinski definition) is 3. The van der Waals surface area contributed by atoms with Crippen LogP contribution < -0.4 is 0 Å². The molecule has 1 saturated heterocycles. The lowest BCUT2D eigenvalue weighted by molar-refractivity contribution is -0.241. The maximum absolute atomic E-state index is 11.1. The first-order valence-corrected chi connectivity index (χ1v) is 9.36. The second kappa shape index (κ2) is 8.61. The van der Waals surface area contributed by atoms with Crippen LogP contribution in [0.1, 0.15) is 56.3 Å². The van der Waals surface area contributed by atoms with Gasteiger partial charge >= 0.3 is 0 Å². The van der Waals surface area contributed by atoms with Crippen LogP contribution in [0.2, 0.25) is 0 Å². The molecule has 3 unspecified atom stereocenters. The minimum absolute atomic E-state index is 0.0235. The van der Waals surface area contributed by atoms with Crippen molar-refractivity contribution in [3.8, 4) is 0 Å². The van der Waals surface area contributed by atoms with E-state index in [1.165, 1.54) is 19.3 Å². The summed E-state index contributed by atoms with van der Waals surface area (Å²) in [5, 5.41) is 11.1. The summed E-state index contributed by atoms with van der Waals surface area (Å²) in [6.45, 7) is 2.73. The molecule has 3 atom stereocenters. The van der Waals surface area contributed by atoms with Crippen LogP contribution in [0.5, 0.6) is 0 Å². The van der Waals surface area contributed by atoms with E-state index in [1.807, 2.05) is 60.7 Å². The number of benzene rings is 2. The first-order chi connectivity index (χ1) is 12.3. The predicted molar refractivity (Wildman–Crippen MR) is 99.1 cm³/mol. The van der Waals surface area contributed by atoms with E-state index in [-0.39, 0.29) is 6.10 Å². The van der Waals surface area contributed by atoms with Gasteiger partial charge < -0.3 is 14.6 Å². The molecule has 2 aromatic rings. The Morgan fingerprint density at radius 1 is 1.00 bits per heavy atom. The van der Waals surface area contributed by atoms with E-state index in [9.17, 15) is 5.11 Å². The van der Waals surface area contributed by atoms with Gasteiger partial charge in [-0.25, -0.2) is 0 Å². The average Bonchev–Trinajstić information content (AvgIpc) is 3.11. The number of aliphatic hydroxyl groups is 1. The first-order valence-electron chi connectivity index (χ1n) is 9.36. The van der Waals surface area contributed by atoms with E-state index in [0.29, 0.717) is 6.61 Å². The molecule has 2 aromatic carbocycles. The van der Waals surface area contributed by atoms with Crippen LogP contribution in [0.25, 0.3) is 0 Å². The lowest BCUT2D eigenvalue weighted by atomic mass is 9.94. The van der Waals surface area contributed by atoms with Gasteiger partial charge in [-0.15, -0.1) is 0 Å². The number of unbranched alkanes of at least 4 members (excludes halogenated alkanes) is 3. The highest BCUT2D eigenvalue weighted by molar-refractivity contribution is 5.28. The lowest BCUT2D eigenvalue weighted by Crippen LogP contribution is -2.35. The normalized spacial score (nSPS) is 24.3. The molecule has 3 rings (SSSR count). The molecule has 0 saturated carbocycles. The largest absolute Gasteiger partial charge is 0.382 e. The second-order valence-electron chi connectivity index (χ2n) is 6.75. The minimum Gasteiger partial charge on any atom is -0.382 e. The summed E-state index contributed by atoms with van der Waals surface area (Å²) in [4.78, 5) is 0. The quantitative estimate of drug-likeness (QED) is 0.690. The van der Waals surface area contributed by atoms with Crippen molar-refractivity contribution in [3.05, 3.63) is 71.8 Å². The molecule has 0 aliphatic carbocycles. The monoisotopic (exact) mass is 340 g/mol. The van der Waals surface area contributed by atoms with E-state index in [4.69, 9.17) is 9.47 Å². The maximum Gasteiger partial charge on any atom is 0.226 e. The van der Waals surface area contributed by atoms with Crippen LogP contribution >= 0.6 is 0 Å². The SMILES string of the molecule is CCCCCCC1COC(c2ccccc2)(C(O)c2ccccc2)O1. The molecule has 0 spiro atoms. The first kappa shape index (κ1) is 18.1. The van der Waals surface area contributed by atoms with Crippen molar-refractivity contribution in [1.29, 1.82) is 0 Å². The van der Waals surface area contributed by atoms with Gasteiger partial charge in [0.25, 0.3) is 0 Å². The van der Waals surface area contributed by atoms with E-state index >= 15 is 0 Å². The van der Waals surface area contributed by atoms with E-state index in [2.05, 4.69) is 6.92 Å². The number of ether oxygens (including phenoxy) is 2. The molecule has 1 fully saturated rings. The average molecular weight is 340 g/mol. The van der Waals surface area contributed by atoms with E-state index in [0.717, 1.165) is 24.0 Å². The summed E-state index contributed by atoms with van der Waals surface area (Å²) in [6.07, 6.45) is 4.96. The van der Waals surface area contributed by atoms with Gasteiger partial charge in [-0.2, -0.15) is 0 Å². The number of hydrogen-bond donors (Lipinski definition) is 1. The topological polar surface area (TPSA) is 38.7 Å². The number of aliphatic hydroxyl groups excluding tert-OH is 1. The zero-order valence-corrected chi connectivity index (χ0v) is 14.9. The van der Waals surface area contributed by atoms with Crippen LogP contribution in [0.3, 0.4) is 0 Å². The van der Waals surface area contributed by atoms with E-state index in [1.54, 1.807) is 0 Å². The van der Waals surface area contributed by atoms with Crippen molar-refractivity contribution in [2.45, 2.75) is 57.0 Å². The third-order valence-electron chi connectivity index (χ3n) is 4.86. The smallest absolute Gasteiger partial charge is 0.226 e. The Morgan fingerprint density at radius 2 is 1.68 bits per heavy atom. The van der Waals surface area contributed by atoms with Crippen LogP contribution in [-0.2, 0) is 15.3 Å². The third kappa shape index (κ3) is 4.12.